The third-order valence-electron chi connectivity index (χ3n) is 4.82. The van der Waals surface area contributed by atoms with E-state index in [4.69, 9.17) is 4.74 Å². The summed E-state index contributed by atoms with van der Waals surface area (Å²) in [4.78, 5) is 26.0. The Morgan fingerprint density at radius 1 is 1.06 bits per heavy atom. The molecule has 0 saturated carbocycles. The molecule has 0 aromatic heterocycles. The normalized spacial score (nSPS) is 14.7. The Labute approximate surface area is 206 Å². The summed E-state index contributed by atoms with van der Waals surface area (Å²) >= 11 is 5.58. The maximum absolute atomic E-state index is 13.9. The van der Waals surface area contributed by atoms with Crippen molar-refractivity contribution in [3.05, 3.63) is 103 Å². The molecule has 8 heteroatoms. The number of imide groups is 1. The number of nitrogens with one attached hydrogen (secondary N) is 1. The number of carbonyl (C=O) groups excluding carboxylic acids is 2. The second-order valence-corrected chi connectivity index (χ2v) is 9.15. The zero-order chi connectivity index (χ0) is 22.7. The number of nitrogens with zero attached hydrogens (tertiary/aromatic N) is 1. The van der Waals surface area contributed by atoms with Crippen molar-refractivity contribution < 1.29 is 18.7 Å². The Morgan fingerprint density at radius 2 is 1.81 bits per heavy atom. The van der Waals surface area contributed by atoms with E-state index < -0.39 is 17.8 Å². The number of amides is 3. The van der Waals surface area contributed by atoms with E-state index in [1.807, 2.05) is 42.5 Å². The molecule has 1 heterocycles. The highest BCUT2D eigenvalue weighted by Crippen LogP contribution is 2.25. The Kier molecular flexibility index (Phi) is 6.90. The zero-order valence-corrected chi connectivity index (χ0v) is 20.4. The summed E-state index contributed by atoms with van der Waals surface area (Å²) in [6.07, 6.45) is 1.60. The van der Waals surface area contributed by atoms with Gasteiger partial charge in [-0.05, 0) is 70.1 Å². The van der Waals surface area contributed by atoms with Crippen molar-refractivity contribution in [2.45, 2.75) is 13.2 Å². The van der Waals surface area contributed by atoms with E-state index in [-0.39, 0.29) is 17.8 Å². The Bertz CT molecular complexity index is 1210. The van der Waals surface area contributed by atoms with Crippen molar-refractivity contribution >= 4 is 56.5 Å². The summed E-state index contributed by atoms with van der Waals surface area (Å²) < 4.78 is 21.7. The van der Waals surface area contributed by atoms with E-state index >= 15 is 0 Å². The minimum absolute atomic E-state index is 0.130. The lowest BCUT2D eigenvalue weighted by Gasteiger charge is -2.12. The number of ether oxygens (including phenoxy) is 1. The molecule has 3 aromatic carbocycles. The van der Waals surface area contributed by atoms with Crippen LogP contribution in [0.5, 0.6) is 5.75 Å². The van der Waals surface area contributed by atoms with E-state index in [9.17, 15) is 14.0 Å². The first-order valence-corrected chi connectivity index (χ1v) is 11.5. The number of urea groups is 1. The van der Waals surface area contributed by atoms with Gasteiger partial charge in [0.2, 0.25) is 0 Å². The molecule has 0 spiro atoms. The fourth-order valence-electron chi connectivity index (χ4n) is 3.14. The predicted octanol–water partition coefficient (Wildman–Crippen LogP) is 5.86. The summed E-state index contributed by atoms with van der Waals surface area (Å²) in [5.41, 5.74) is 2.20. The van der Waals surface area contributed by atoms with Gasteiger partial charge in [-0.25, -0.2) is 9.18 Å². The van der Waals surface area contributed by atoms with Crippen LogP contribution in [0.25, 0.3) is 6.08 Å². The van der Waals surface area contributed by atoms with Crippen LogP contribution in [0, 0.1) is 9.39 Å². The number of carbonyl (C=O) groups is 2. The third kappa shape index (κ3) is 5.18. The van der Waals surface area contributed by atoms with Gasteiger partial charge < -0.3 is 10.1 Å². The first-order chi connectivity index (χ1) is 15.4. The zero-order valence-electron chi connectivity index (χ0n) is 16.6. The van der Waals surface area contributed by atoms with Crippen LogP contribution >= 0.6 is 38.5 Å². The van der Waals surface area contributed by atoms with Crippen LogP contribution in [0.1, 0.15) is 16.7 Å². The molecular formula is C24H17BrFIN2O3. The fraction of sp³-hybridized carbons (Fsp3) is 0.0833. The highest BCUT2D eigenvalue weighted by Gasteiger charge is 2.34. The number of halogens is 3. The summed E-state index contributed by atoms with van der Waals surface area (Å²) in [5.74, 6) is -0.235. The van der Waals surface area contributed by atoms with Crippen LogP contribution in [0.4, 0.5) is 9.18 Å². The molecule has 1 N–H and O–H groups in total. The predicted molar refractivity (Wildman–Crippen MR) is 131 cm³/mol. The monoisotopic (exact) mass is 606 g/mol. The standard InChI is InChI=1S/C24H17BrFIN2O3/c25-18-8-5-15(6-9-18)14-32-22-10-7-16(11-20(22)27)12-21-23(30)29(24(31)28-21)13-17-3-1-2-4-19(17)26/h1-12H,13-14H2,(H,28,31)/b21-12+. The van der Waals surface area contributed by atoms with Crippen LogP contribution in [0.15, 0.2) is 76.9 Å². The second-order valence-electron chi connectivity index (χ2n) is 7.08. The molecule has 0 unspecified atom stereocenters. The van der Waals surface area contributed by atoms with Gasteiger partial charge >= 0.3 is 6.03 Å². The number of benzene rings is 3. The van der Waals surface area contributed by atoms with Gasteiger partial charge in [-0.3, -0.25) is 9.69 Å². The van der Waals surface area contributed by atoms with E-state index in [0.717, 1.165) is 29.8 Å². The summed E-state index contributed by atoms with van der Waals surface area (Å²) in [6.45, 7) is 0.304. The lowest BCUT2D eigenvalue weighted by molar-refractivity contribution is -0.123. The van der Waals surface area contributed by atoms with Crippen LogP contribution < -0.4 is 10.1 Å². The average molecular weight is 607 g/mol. The van der Waals surface area contributed by atoms with Gasteiger partial charge in [-0.15, -0.1) is 0 Å². The molecule has 1 aliphatic heterocycles. The van der Waals surface area contributed by atoms with Gasteiger partial charge in [-0.2, -0.15) is 0 Å². The largest absolute Gasteiger partial charge is 0.488 e. The molecule has 5 nitrogen and oxygen atoms in total. The lowest BCUT2D eigenvalue weighted by Crippen LogP contribution is -2.30. The maximum atomic E-state index is 13.9. The van der Waals surface area contributed by atoms with Crippen molar-refractivity contribution in [3.63, 3.8) is 0 Å². The molecule has 3 amide bonds. The molecule has 162 valence electrons. The fourth-order valence-corrected chi connectivity index (χ4v) is 4.10. The van der Waals surface area contributed by atoms with Crippen molar-refractivity contribution in [1.29, 1.82) is 0 Å². The number of hydrogen-bond donors (Lipinski definition) is 1. The molecule has 4 rings (SSSR count). The summed E-state index contributed by atoms with van der Waals surface area (Å²) in [6, 6.07) is 18.9. The molecule has 32 heavy (non-hydrogen) atoms. The van der Waals surface area contributed by atoms with E-state index in [1.54, 1.807) is 24.3 Å². The maximum Gasteiger partial charge on any atom is 0.329 e. The third-order valence-corrected chi connectivity index (χ3v) is 6.19. The minimum atomic E-state index is -0.575. The number of hydrogen-bond acceptors (Lipinski definition) is 3. The van der Waals surface area contributed by atoms with Crippen LogP contribution in [-0.2, 0) is 17.9 Å². The van der Waals surface area contributed by atoms with Crippen molar-refractivity contribution in [3.8, 4) is 5.75 Å². The average Bonchev–Trinajstić information content (AvgIpc) is 3.03. The highest BCUT2D eigenvalue weighted by atomic mass is 127. The van der Waals surface area contributed by atoms with Crippen LogP contribution in [-0.4, -0.2) is 16.8 Å². The van der Waals surface area contributed by atoms with Gasteiger partial charge in [0.05, 0.1) is 10.1 Å². The smallest absolute Gasteiger partial charge is 0.329 e. The van der Waals surface area contributed by atoms with E-state index in [2.05, 4.69) is 43.8 Å². The van der Waals surface area contributed by atoms with Gasteiger partial charge in [0.15, 0.2) is 0 Å². The molecule has 0 bridgehead atoms. The SMILES string of the molecule is O=C1N/C(=C/c2ccc(OCc3ccc(Br)cc3)c(I)c2)C(=O)N1Cc1ccccc1F. The summed E-state index contributed by atoms with van der Waals surface area (Å²) in [7, 11) is 0. The van der Waals surface area contributed by atoms with Gasteiger partial charge in [-0.1, -0.05) is 52.3 Å². The van der Waals surface area contributed by atoms with Gasteiger partial charge in [0, 0.05) is 10.0 Å². The first-order valence-electron chi connectivity index (χ1n) is 9.65. The second kappa shape index (κ2) is 9.83. The molecule has 1 fully saturated rings. The molecule has 1 aliphatic rings. The molecule has 3 aromatic rings. The van der Waals surface area contributed by atoms with Crippen molar-refractivity contribution in [2.24, 2.45) is 0 Å². The van der Waals surface area contributed by atoms with Crippen LogP contribution in [0.3, 0.4) is 0 Å². The van der Waals surface area contributed by atoms with Crippen LogP contribution in [0.2, 0.25) is 0 Å². The Hall–Kier alpha value is -2.72. The topological polar surface area (TPSA) is 58.6 Å². The van der Waals surface area contributed by atoms with Gasteiger partial charge in [0.1, 0.15) is 23.9 Å². The molecule has 1 saturated heterocycles. The van der Waals surface area contributed by atoms with Crippen molar-refractivity contribution in [2.75, 3.05) is 0 Å². The van der Waals surface area contributed by atoms with Gasteiger partial charge in [0.25, 0.3) is 5.91 Å². The Morgan fingerprint density at radius 3 is 2.53 bits per heavy atom. The highest BCUT2D eigenvalue weighted by molar-refractivity contribution is 14.1. The molecular weight excluding hydrogens is 590 g/mol. The molecule has 0 aliphatic carbocycles. The Balaban J connectivity index is 1.45. The quantitative estimate of drug-likeness (QED) is 0.217. The number of rotatable bonds is 6. The lowest BCUT2D eigenvalue weighted by atomic mass is 10.1. The molecule has 0 radical (unpaired) electrons. The molecule has 0 atom stereocenters. The minimum Gasteiger partial charge on any atom is -0.488 e. The van der Waals surface area contributed by atoms with Crippen molar-refractivity contribution in [1.82, 2.24) is 10.2 Å². The van der Waals surface area contributed by atoms with E-state index in [0.29, 0.717) is 6.61 Å². The van der Waals surface area contributed by atoms with E-state index in [1.165, 1.54) is 6.07 Å². The summed E-state index contributed by atoms with van der Waals surface area (Å²) in [5, 5.41) is 2.57. The first kappa shape index (κ1) is 22.5.